The average Bonchev–Trinajstić information content (AvgIpc) is 2.79. The number of aromatic nitrogens is 2. The Hall–Kier alpha value is -1.69. The van der Waals surface area contributed by atoms with Crippen LogP contribution in [0.4, 0.5) is 5.69 Å². The molecule has 2 atom stereocenters. The molecule has 1 fully saturated rings. The molecule has 2 unspecified atom stereocenters. The summed E-state index contributed by atoms with van der Waals surface area (Å²) in [6.07, 6.45) is 7.87. The summed E-state index contributed by atoms with van der Waals surface area (Å²) in [5, 5.41) is 3.12. The number of fused-ring (bicyclic) bond motifs is 1. The maximum absolute atomic E-state index is 12.4. The lowest BCUT2D eigenvalue weighted by molar-refractivity contribution is 0.0915. The van der Waals surface area contributed by atoms with Crippen molar-refractivity contribution in [1.82, 2.24) is 15.3 Å². The summed E-state index contributed by atoms with van der Waals surface area (Å²) in [5.41, 5.74) is 7.09. The van der Waals surface area contributed by atoms with Gasteiger partial charge in [-0.1, -0.05) is 19.8 Å². The Morgan fingerprint density at radius 2 is 2.10 bits per heavy atom. The SMILES string of the molecule is CC1CCCCC1NC(=O)c1sc2nccnc2c1N. The van der Waals surface area contributed by atoms with Crippen LogP contribution < -0.4 is 11.1 Å². The number of nitrogens with one attached hydrogen (secondary N) is 1. The number of nitrogens with zero attached hydrogens (tertiary/aromatic N) is 2. The van der Waals surface area contributed by atoms with Gasteiger partial charge in [0.2, 0.25) is 0 Å². The van der Waals surface area contributed by atoms with E-state index in [1.165, 1.54) is 30.6 Å². The third-order valence-electron chi connectivity index (χ3n) is 4.00. The van der Waals surface area contributed by atoms with Gasteiger partial charge in [-0.05, 0) is 18.8 Å². The first-order valence-corrected chi connectivity index (χ1v) is 7.78. The highest BCUT2D eigenvalue weighted by Gasteiger charge is 2.25. The van der Waals surface area contributed by atoms with Crippen molar-refractivity contribution in [1.29, 1.82) is 0 Å². The van der Waals surface area contributed by atoms with Crippen LogP contribution in [0.3, 0.4) is 0 Å². The van der Waals surface area contributed by atoms with Crippen LogP contribution in [0.1, 0.15) is 42.3 Å². The van der Waals surface area contributed by atoms with Gasteiger partial charge in [-0.15, -0.1) is 11.3 Å². The van der Waals surface area contributed by atoms with E-state index in [-0.39, 0.29) is 11.9 Å². The Balaban J connectivity index is 1.83. The molecule has 0 aliphatic heterocycles. The van der Waals surface area contributed by atoms with E-state index in [2.05, 4.69) is 22.2 Å². The number of nitrogen functional groups attached to an aromatic ring is 1. The predicted octanol–water partition coefficient (Wildman–Crippen LogP) is 2.58. The molecule has 0 spiro atoms. The molecule has 1 aliphatic carbocycles. The predicted molar refractivity (Wildman–Crippen MR) is 80.7 cm³/mol. The van der Waals surface area contributed by atoms with E-state index >= 15 is 0 Å². The lowest BCUT2D eigenvalue weighted by atomic mass is 9.86. The van der Waals surface area contributed by atoms with Gasteiger partial charge in [0.25, 0.3) is 5.91 Å². The quantitative estimate of drug-likeness (QED) is 0.890. The molecule has 0 radical (unpaired) electrons. The normalized spacial score (nSPS) is 22.9. The molecule has 0 saturated heterocycles. The molecular formula is C14H18N4OS. The van der Waals surface area contributed by atoms with Crippen molar-refractivity contribution in [2.45, 2.75) is 38.6 Å². The number of carbonyl (C=O) groups is 1. The van der Waals surface area contributed by atoms with Crippen molar-refractivity contribution in [2.24, 2.45) is 5.92 Å². The first-order valence-electron chi connectivity index (χ1n) is 6.96. The molecule has 20 heavy (non-hydrogen) atoms. The van der Waals surface area contributed by atoms with E-state index in [0.717, 1.165) is 6.42 Å². The van der Waals surface area contributed by atoms with E-state index in [0.29, 0.717) is 26.8 Å². The molecule has 5 nitrogen and oxygen atoms in total. The fourth-order valence-corrected chi connectivity index (χ4v) is 3.70. The molecule has 1 aliphatic rings. The molecular weight excluding hydrogens is 272 g/mol. The van der Waals surface area contributed by atoms with Crippen LogP contribution in [0, 0.1) is 5.92 Å². The highest BCUT2D eigenvalue weighted by molar-refractivity contribution is 7.21. The summed E-state index contributed by atoms with van der Waals surface area (Å²) < 4.78 is 0. The van der Waals surface area contributed by atoms with E-state index in [4.69, 9.17) is 5.73 Å². The number of hydrogen-bond acceptors (Lipinski definition) is 5. The second-order valence-corrected chi connectivity index (χ2v) is 6.40. The summed E-state index contributed by atoms with van der Waals surface area (Å²) >= 11 is 1.31. The third-order valence-corrected chi connectivity index (χ3v) is 5.10. The fourth-order valence-electron chi connectivity index (χ4n) is 2.78. The van der Waals surface area contributed by atoms with E-state index in [1.54, 1.807) is 12.4 Å². The second-order valence-electron chi connectivity index (χ2n) is 5.40. The first kappa shape index (κ1) is 13.3. The number of anilines is 1. The molecule has 2 heterocycles. The summed E-state index contributed by atoms with van der Waals surface area (Å²) in [6, 6.07) is 0.252. The first-order chi connectivity index (χ1) is 9.66. The molecule has 3 rings (SSSR count). The van der Waals surface area contributed by atoms with Gasteiger partial charge in [-0.2, -0.15) is 0 Å². The van der Waals surface area contributed by atoms with Gasteiger partial charge in [-0.3, -0.25) is 4.79 Å². The molecule has 2 aromatic rings. The number of thiophene rings is 1. The van der Waals surface area contributed by atoms with Crippen LogP contribution in [-0.4, -0.2) is 21.9 Å². The standard InChI is InChI=1S/C14H18N4OS/c1-8-4-2-3-5-9(8)18-13(19)12-10(15)11-14(20-12)17-7-6-16-11/h6-9H,2-5,15H2,1H3,(H,18,19). The van der Waals surface area contributed by atoms with Crippen molar-refractivity contribution in [3.05, 3.63) is 17.3 Å². The second kappa shape index (κ2) is 5.36. The maximum atomic E-state index is 12.4. The summed E-state index contributed by atoms with van der Waals surface area (Å²) in [4.78, 5) is 22.1. The Morgan fingerprint density at radius 1 is 1.35 bits per heavy atom. The summed E-state index contributed by atoms with van der Waals surface area (Å²) in [5.74, 6) is 0.436. The maximum Gasteiger partial charge on any atom is 0.263 e. The van der Waals surface area contributed by atoms with Crippen molar-refractivity contribution in [3.8, 4) is 0 Å². The Kier molecular flexibility index (Phi) is 3.56. The topological polar surface area (TPSA) is 80.9 Å². The van der Waals surface area contributed by atoms with Crippen LogP contribution in [0.5, 0.6) is 0 Å². The molecule has 1 amide bonds. The van der Waals surface area contributed by atoms with Gasteiger partial charge in [0.15, 0.2) is 0 Å². The van der Waals surface area contributed by atoms with E-state index < -0.39 is 0 Å². The highest BCUT2D eigenvalue weighted by atomic mass is 32.1. The average molecular weight is 290 g/mol. The number of carbonyl (C=O) groups excluding carboxylic acids is 1. The van der Waals surface area contributed by atoms with E-state index in [1.807, 2.05) is 0 Å². The van der Waals surface area contributed by atoms with Gasteiger partial charge in [0.05, 0.1) is 5.69 Å². The molecule has 1 saturated carbocycles. The number of amides is 1. The fraction of sp³-hybridized carbons (Fsp3) is 0.500. The zero-order chi connectivity index (χ0) is 14.1. The van der Waals surface area contributed by atoms with Crippen LogP contribution in [0.25, 0.3) is 10.3 Å². The molecule has 0 aromatic carbocycles. The van der Waals surface area contributed by atoms with Gasteiger partial charge in [0, 0.05) is 18.4 Å². The number of hydrogen-bond donors (Lipinski definition) is 2. The van der Waals surface area contributed by atoms with Crippen molar-refractivity contribution in [2.75, 3.05) is 5.73 Å². The summed E-state index contributed by atoms with van der Waals surface area (Å²) in [6.45, 7) is 2.20. The van der Waals surface area contributed by atoms with Crippen LogP contribution in [0.15, 0.2) is 12.4 Å². The van der Waals surface area contributed by atoms with Crippen molar-refractivity contribution >= 4 is 33.3 Å². The van der Waals surface area contributed by atoms with Gasteiger partial charge < -0.3 is 11.1 Å². The molecule has 2 aromatic heterocycles. The van der Waals surface area contributed by atoms with Crippen molar-refractivity contribution < 1.29 is 4.79 Å². The molecule has 3 N–H and O–H groups in total. The summed E-state index contributed by atoms with van der Waals surface area (Å²) in [7, 11) is 0. The van der Waals surface area contributed by atoms with Crippen LogP contribution in [0.2, 0.25) is 0 Å². The minimum atomic E-state index is -0.0916. The Labute approximate surface area is 121 Å². The highest BCUT2D eigenvalue weighted by Crippen LogP contribution is 2.31. The molecule has 6 heteroatoms. The monoisotopic (exact) mass is 290 g/mol. The molecule has 0 bridgehead atoms. The zero-order valence-electron chi connectivity index (χ0n) is 11.4. The lowest BCUT2D eigenvalue weighted by Gasteiger charge is -2.29. The van der Waals surface area contributed by atoms with Crippen LogP contribution >= 0.6 is 11.3 Å². The molecule has 106 valence electrons. The van der Waals surface area contributed by atoms with Crippen LogP contribution in [-0.2, 0) is 0 Å². The van der Waals surface area contributed by atoms with Gasteiger partial charge in [-0.25, -0.2) is 9.97 Å². The largest absolute Gasteiger partial charge is 0.396 e. The number of rotatable bonds is 2. The zero-order valence-corrected chi connectivity index (χ0v) is 12.2. The van der Waals surface area contributed by atoms with Gasteiger partial charge >= 0.3 is 0 Å². The minimum Gasteiger partial charge on any atom is -0.396 e. The Morgan fingerprint density at radius 3 is 2.85 bits per heavy atom. The minimum absolute atomic E-state index is 0.0916. The van der Waals surface area contributed by atoms with Gasteiger partial charge in [0.1, 0.15) is 15.2 Å². The Bertz CT molecular complexity index is 639. The third kappa shape index (κ3) is 2.35. The smallest absolute Gasteiger partial charge is 0.263 e. The lowest BCUT2D eigenvalue weighted by Crippen LogP contribution is -2.40. The van der Waals surface area contributed by atoms with Crippen molar-refractivity contribution in [3.63, 3.8) is 0 Å². The number of nitrogens with two attached hydrogens (primary N) is 1. The van der Waals surface area contributed by atoms with E-state index in [9.17, 15) is 4.79 Å².